The Morgan fingerprint density at radius 1 is 1.05 bits per heavy atom. The minimum Gasteiger partial charge on any atom is -0.284 e. The van der Waals surface area contributed by atoms with Gasteiger partial charge in [-0.1, -0.05) is 29.8 Å². The second-order valence-corrected chi connectivity index (χ2v) is 5.02. The molecule has 6 nitrogen and oxygen atoms in total. The fourth-order valence-corrected chi connectivity index (χ4v) is 2.04. The number of hydrogen-bond acceptors (Lipinski definition) is 4. The molecule has 0 bridgehead atoms. The van der Waals surface area contributed by atoms with E-state index in [1.807, 2.05) is 36.1 Å². The maximum absolute atomic E-state index is 11.7. The van der Waals surface area contributed by atoms with Gasteiger partial charge in [-0.05, 0) is 19.5 Å². The van der Waals surface area contributed by atoms with Crippen molar-refractivity contribution in [3.63, 3.8) is 0 Å². The van der Waals surface area contributed by atoms with Crippen LogP contribution in [-0.2, 0) is 16.1 Å². The number of amides is 4. The third-order valence-electron chi connectivity index (χ3n) is 3.21. The Kier molecular flexibility index (Phi) is 3.85. The monoisotopic (exact) mass is 275 g/mol. The molecule has 20 heavy (non-hydrogen) atoms. The molecule has 1 saturated heterocycles. The number of benzene rings is 1. The lowest BCUT2D eigenvalue weighted by atomic mass is 10.1. The predicted molar refractivity (Wildman–Crippen MR) is 72.5 cm³/mol. The third-order valence-corrected chi connectivity index (χ3v) is 3.21. The maximum atomic E-state index is 11.7. The number of rotatable bonds is 4. The molecule has 0 aromatic heterocycles. The van der Waals surface area contributed by atoms with Crippen LogP contribution in [-0.4, -0.2) is 53.3 Å². The van der Waals surface area contributed by atoms with Crippen molar-refractivity contribution in [2.75, 3.05) is 20.8 Å². The molecular formula is C14H17N3O3. The SMILES string of the molecule is Cc1ccc(CN(C)CN2C(=O)C(=O)N(C)C2=O)cc1. The van der Waals surface area contributed by atoms with Gasteiger partial charge in [-0.15, -0.1) is 0 Å². The molecular weight excluding hydrogens is 258 g/mol. The Bertz CT molecular complexity index is 553. The molecule has 1 aromatic rings. The van der Waals surface area contributed by atoms with Gasteiger partial charge in [0, 0.05) is 13.6 Å². The van der Waals surface area contributed by atoms with E-state index in [4.69, 9.17) is 0 Å². The average Bonchev–Trinajstić information content (AvgIpc) is 2.59. The quantitative estimate of drug-likeness (QED) is 0.602. The Balaban J connectivity index is 2.00. The topological polar surface area (TPSA) is 60.9 Å². The largest absolute Gasteiger partial charge is 0.335 e. The summed E-state index contributed by atoms with van der Waals surface area (Å²) in [5.41, 5.74) is 2.25. The van der Waals surface area contributed by atoms with Gasteiger partial charge < -0.3 is 0 Å². The lowest BCUT2D eigenvalue weighted by molar-refractivity contribution is -0.143. The van der Waals surface area contributed by atoms with Gasteiger partial charge in [0.2, 0.25) is 0 Å². The van der Waals surface area contributed by atoms with Crippen molar-refractivity contribution in [2.45, 2.75) is 13.5 Å². The summed E-state index contributed by atoms with van der Waals surface area (Å²) in [6.45, 7) is 2.70. The summed E-state index contributed by atoms with van der Waals surface area (Å²) in [6.07, 6.45) is 0. The van der Waals surface area contributed by atoms with E-state index < -0.39 is 17.8 Å². The third kappa shape index (κ3) is 2.70. The van der Waals surface area contributed by atoms with E-state index in [9.17, 15) is 14.4 Å². The van der Waals surface area contributed by atoms with Crippen LogP contribution in [0.4, 0.5) is 4.79 Å². The van der Waals surface area contributed by atoms with Crippen LogP contribution in [0.15, 0.2) is 24.3 Å². The number of imide groups is 2. The molecule has 0 aliphatic carbocycles. The second-order valence-electron chi connectivity index (χ2n) is 5.02. The molecule has 1 aliphatic rings. The first-order valence-corrected chi connectivity index (χ1v) is 6.27. The molecule has 1 fully saturated rings. The van der Waals surface area contributed by atoms with Gasteiger partial charge in [0.05, 0.1) is 6.67 Å². The summed E-state index contributed by atoms with van der Waals surface area (Å²) in [5, 5.41) is 0. The molecule has 0 saturated carbocycles. The van der Waals surface area contributed by atoms with Gasteiger partial charge in [-0.3, -0.25) is 19.4 Å². The fraction of sp³-hybridized carbons (Fsp3) is 0.357. The van der Waals surface area contributed by atoms with Gasteiger partial charge >= 0.3 is 17.8 Å². The standard InChI is InChI=1S/C14H17N3O3/c1-10-4-6-11(7-5-10)8-15(2)9-17-13(19)12(18)16(3)14(17)20/h4-7H,8-9H2,1-3H3. The average molecular weight is 275 g/mol. The van der Waals surface area contributed by atoms with Crippen LogP contribution in [0.2, 0.25) is 0 Å². The van der Waals surface area contributed by atoms with Crippen LogP contribution in [0.5, 0.6) is 0 Å². The van der Waals surface area contributed by atoms with Crippen molar-refractivity contribution in [3.8, 4) is 0 Å². The molecule has 0 atom stereocenters. The molecule has 2 rings (SSSR count). The number of hydrogen-bond donors (Lipinski definition) is 0. The fourth-order valence-electron chi connectivity index (χ4n) is 2.04. The first-order chi connectivity index (χ1) is 9.40. The Morgan fingerprint density at radius 2 is 1.65 bits per heavy atom. The highest BCUT2D eigenvalue weighted by Crippen LogP contribution is 2.12. The van der Waals surface area contributed by atoms with Gasteiger partial charge in [-0.2, -0.15) is 0 Å². The number of carbonyl (C=O) groups excluding carboxylic acids is 3. The molecule has 0 spiro atoms. The second kappa shape index (κ2) is 5.42. The first kappa shape index (κ1) is 14.2. The van der Waals surface area contributed by atoms with Crippen LogP contribution < -0.4 is 0 Å². The molecule has 106 valence electrons. The van der Waals surface area contributed by atoms with Crippen molar-refractivity contribution in [1.82, 2.24) is 14.7 Å². The summed E-state index contributed by atoms with van der Waals surface area (Å²) in [5.74, 6) is -1.55. The Hall–Kier alpha value is -2.21. The van der Waals surface area contributed by atoms with Gasteiger partial charge in [0.25, 0.3) is 0 Å². The maximum Gasteiger partial charge on any atom is 0.335 e. The summed E-state index contributed by atoms with van der Waals surface area (Å²) < 4.78 is 0. The van der Waals surface area contributed by atoms with E-state index in [1.165, 1.54) is 12.6 Å². The number of likely N-dealkylation sites (N-methyl/N-ethyl adjacent to an activating group) is 1. The van der Waals surface area contributed by atoms with E-state index >= 15 is 0 Å². The van der Waals surface area contributed by atoms with E-state index in [0.717, 1.165) is 15.4 Å². The van der Waals surface area contributed by atoms with Crippen LogP contribution in [0.25, 0.3) is 0 Å². The van der Waals surface area contributed by atoms with Crippen molar-refractivity contribution in [2.24, 2.45) is 0 Å². The van der Waals surface area contributed by atoms with Crippen molar-refractivity contribution < 1.29 is 14.4 Å². The lowest BCUT2D eigenvalue weighted by Crippen LogP contribution is -2.40. The smallest absolute Gasteiger partial charge is 0.284 e. The molecule has 4 amide bonds. The zero-order chi connectivity index (χ0) is 14.9. The van der Waals surface area contributed by atoms with Crippen molar-refractivity contribution in [1.29, 1.82) is 0 Å². The highest BCUT2D eigenvalue weighted by molar-refractivity contribution is 6.44. The van der Waals surface area contributed by atoms with Crippen LogP contribution in [0.1, 0.15) is 11.1 Å². The van der Waals surface area contributed by atoms with E-state index in [-0.39, 0.29) is 6.67 Å². The zero-order valence-corrected chi connectivity index (χ0v) is 11.8. The van der Waals surface area contributed by atoms with Crippen molar-refractivity contribution in [3.05, 3.63) is 35.4 Å². The number of nitrogens with zero attached hydrogens (tertiary/aromatic N) is 3. The van der Waals surface area contributed by atoms with Crippen LogP contribution >= 0.6 is 0 Å². The van der Waals surface area contributed by atoms with Crippen molar-refractivity contribution >= 4 is 17.8 Å². The molecule has 1 heterocycles. The van der Waals surface area contributed by atoms with Gasteiger partial charge in [0.1, 0.15) is 0 Å². The Morgan fingerprint density at radius 3 is 2.15 bits per heavy atom. The minimum atomic E-state index is -0.779. The number of urea groups is 1. The zero-order valence-electron chi connectivity index (χ0n) is 11.8. The van der Waals surface area contributed by atoms with E-state index in [1.54, 1.807) is 7.05 Å². The summed E-state index contributed by atoms with van der Waals surface area (Å²) in [4.78, 5) is 38.4. The predicted octanol–water partition coefficient (Wildman–Crippen LogP) is 0.805. The minimum absolute atomic E-state index is 0.0988. The first-order valence-electron chi connectivity index (χ1n) is 6.27. The number of carbonyl (C=O) groups is 3. The van der Waals surface area contributed by atoms with Crippen LogP contribution in [0, 0.1) is 6.92 Å². The van der Waals surface area contributed by atoms with Gasteiger partial charge in [0.15, 0.2) is 0 Å². The number of aryl methyl sites for hydroxylation is 1. The molecule has 1 aliphatic heterocycles. The molecule has 0 unspecified atom stereocenters. The van der Waals surface area contributed by atoms with E-state index in [0.29, 0.717) is 6.54 Å². The van der Waals surface area contributed by atoms with Gasteiger partial charge in [-0.25, -0.2) is 9.69 Å². The molecule has 6 heteroatoms. The summed E-state index contributed by atoms with van der Waals surface area (Å²) in [6, 6.07) is 7.43. The lowest BCUT2D eigenvalue weighted by Gasteiger charge is -2.22. The van der Waals surface area contributed by atoms with Crippen LogP contribution in [0.3, 0.4) is 0 Å². The molecule has 0 N–H and O–H groups in total. The summed E-state index contributed by atoms with van der Waals surface area (Å²) >= 11 is 0. The normalized spacial score (nSPS) is 15.7. The van der Waals surface area contributed by atoms with E-state index in [2.05, 4.69) is 0 Å². The Labute approximate surface area is 117 Å². The highest BCUT2D eigenvalue weighted by atomic mass is 16.2. The highest BCUT2D eigenvalue weighted by Gasteiger charge is 2.42. The molecule has 0 radical (unpaired) electrons. The molecule has 1 aromatic carbocycles. The summed E-state index contributed by atoms with van der Waals surface area (Å²) in [7, 11) is 3.10.